The van der Waals surface area contributed by atoms with E-state index in [0.717, 1.165) is 0 Å². The van der Waals surface area contributed by atoms with Crippen molar-refractivity contribution in [2.75, 3.05) is 6.54 Å². The summed E-state index contributed by atoms with van der Waals surface area (Å²) in [5.74, 6) is -4.93. The number of aromatic hydroxyl groups is 1. The zero-order chi connectivity index (χ0) is 25.8. The molecule has 0 bridgehead atoms. The molecular formula is C22H32N4O8. The molecule has 1 aromatic rings. The number of nitrogens with one attached hydrogen (secondary N) is 3. The van der Waals surface area contributed by atoms with E-state index in [-0.39, 0.29) is 24.5 Å². The third kappa shape index (κ3) is 9.86. The van der Waals surface area contributed by atoms with Gasteiger partial charge in [-0.15, -0.1) is 0 Å². The predicted molar refractivity (Wildman–Crippen MR) is 121 cm³/mol. The van der Waals surface area contributed by atoms with Gasteiger partial charge >= 0.3 is 11.9 Å². The number of benzene rings is 1. The normalized spacial score (nSPS) is 14.2. The smallest absolute Gasteiger partial charge is 0.326 e. The van der Waals surface area contributed by atoms with Crippen molar-refractivity contribution >= 4 is 29.7 Å². The number of nitrogens with two attached hydrogens (primary N) is 1. The lowest BCUT2D eigenvalue weighted by Gasteiger charge is -2.22. The Bertz CT molecular complexity index is 874. The van der Waals surface area contributed by atoms with Crippen molar-refractivity contribution in [3.8, 4) is 5.75 Å². The van der Waals surface area contributed by atoms with Crippen molar-refractivity contribution < 1.29 is 39.3 Å². The highest BCUT2D eigenvalue weighted by molar-refractivity contribution is 5.92. The maximum Gasteiger partial charge on any atom is 0.326 e. The molecule has 12 heteroatoms. The molecule has 34 heavy (non-hydrogen) atoms. The van der Waals surface area contributed by atoms with Crippen LogP contribution in [0.5, 0.6) is 5.75 Å². The van der Waals surface area contributed by atoms with Crippen molar-refractivity contribution in [2.45, 2.75) is 57.7 Å². The molecule has 1 rings (SSSR count). The van der Waals surface area contributed by atoms with Crippen LogP contribution in [0.1, 0.15) is 38.7 Å². The number of phenols is 1. The second-order valence-corrected chi connectivity index (χ2v) is 7.96. The summed E-state index contributed by atoms with van der Waals surface area (Å²) >= 11 is 0. The van der Waals surface area contributed by atoms with Gasteiger partial charge in [-0.1, -0.05) is 32.4 Å². The van der Waals surface area contributed by atoms with Crippen LogP contribution in [0.15, 0.2) is 24.3 Å². The first kappa shape index (κ1) is 28.4. The summed E-state index contributed by atoms with van der Waals surface area (Å²) in [5, 5.41) is 34.5. The number of hydrogen-bond acceptors (Lipinski definition) is 7. The van der Waals surface area contributed by atoms with E-state index in [1.54, 1.807) is 26.0 Å². The maximum atomic E-state index is 12.5. The van der Waals surface area contributed by atoms with Crippen LogP contribution >= 0.6 is 0 Å². The number of carboxylic acid groups (broad SMARTS) is 2. The maximum absolute atomic E-state index is 12.5. The van der Waals surface area contributed by atoms with Crippen molar-refractivity contribution in [1.82, 2.24) is 16.0 Å². The predicted octanol–water partition coefficient (Wildman–Crippen LogP) is -0.657. The number of aliphatic carboxylic acids is 2. The Labute approximate surface area is 196 Å². The zero-order valence-corrected chi connectivity index (χ0v) is 19.1. The first-order chi connectivity index (χ1) is 15.9. The fourth-order valence-corrected chi connectivity index (χ4v) is 2.99. The largest absolute Gasteiger partial charge is 0.508 e. The van der Waals surface area contributed by atoms with Gasteiger partial charge in [-0.2, -0.15) is 0 Å². The molecule has 0 saturated carbocycles. The molecular weight excluding hydrogens is 448 g/mol. The molecule has 0 spiro atoms. The van der Waals surface area contributed by atoms with Crippen LogP contribution in [0.4, 0.5) is 0 Å². The van der Waals surface area contributed by atoms with Gasteiger partial charge < -0.3 is 37.0 Å². The highest BCUT2D eigenvalue weighted by Gasteiger charge is 2.27. The van der Waals surface area contributed by atoms with E-state index >= 15 is 0 Å². The lowest BCUT2D eigenvalue weighted by molar-refractivity contribution is -0.143. The Kier molecular flexibility index (Phi) is 11.5. The van der Waals surface area contributed by atoms with Gasteiger partial charge in [0, 0.05) is 6.42 Å². The number of phenolic OH excluding ortho intramolecular Hbond substituents is 1. The van der Waals surface area contributed by atoms with Gasteiger partial charge in [-0.25, -0.2) is 4.79 Å². The topological polar surface area (TPSA) is 208 Å². The first-order valence-electron chi connectivity index (χ1n) is 10.8. The summed E-state index contributed by atoms with van der Waals surface area (Å²) < 4.78 is 0. The monoisotopic (exact) mass is 480 g/mol. The molecule has 0 aromatic heterocycles. The fraction of sp³-hybridized carbons (Fsp3) is 0.500. The first-order valence-corrected chi connectivity index (χ1v) is 10.8. The lowest BCUT2D eigenvalue weighted by atomic mass is 9.99. The number of amides is 3. The van der Waals surface area contributed by atoms with E-state index < -0.39 is 60.8 Å². The van der Waals surface area contributed by atoms with Crippen LogP contribution in [0.2, 0.25) is 0 Å². The van der Waals surface area contributed by atoms with E-state index in [1.807, 2.05) is 0 Å². The Hall–Kier alpha value is -3.67. The third-order valence-electron chi connectivity index (χ3n) is 5.23. The van der Waals surface area contributed by atoms with Crippen molar-refractivity contribution in [2.24, 2.45) is 11.7 Å². The molecule has 0 radical (unpaired) electrons. The zero-order valence-electron chi connectivity index (χ0n) is 19.1. The van der Waals surface area contributed by atoms with Crippen LogP contribution in [0, 0.1) is 5.92 Å². The van der Waals surface area contributed by atoms with Gasteiger partial charge in [0.2, 0.25) is 17.7 Å². The van der Waals surface area contributed by atoms with E-state index in [0.29, 0.717) is 12.0 Å². The Morgan fingerprint density at radius 1 is 1.00 bits per heavy atom. The summed E-state index contributed by atoms with van der Waals surface area (Å²) in [6.45, 7) is 2.88. The summed E-state index contributed by atoms with van der Waals surface area (Å²) in [5.41, 5.74) is 6.56. The molecule has 0 aliphatic rings. The number of carbonyl (C=O) groups is 5. The molecule has 0 aliphatic heterocycles. The number of hydrogen-bond donors (Lipinski definition) is 7. The second kappa shape index (κ2) is 13.8. The number of carboxylic acids is 2. The lowest BCUT2D eigenvalue weighted by Crippen LogP contribution is -2.54. The van der Waals surface area contributed by atoms with Crippen molar-refractivity contribution in [1.29, 1.82) is 0 Å². The minimum absolute atomic E-state index is 0.0510. The molecule has 12 nitrogen and oxygen atoms in total. The number of rotatable bonds is 14. The highest BCUT2D eigenvalue weighted by atomic mass is 16.4. The van der Waals surface area contributed by atoms with Gasteiger partial charge in [0.1, 0.15) is 17.8 Å². The highest BCUT2D eigenvalue weighted by Crippen LogP contribution is 2.11. The van der Waals surface area contributed by atoms with E-state index in [1.165, 1.54) is 12.1 Å². The summed E-state index contributed by atoms with van der Waals surface area (Å²) in [6.07, 6.45) is -0.0524. The quantitative estimate of drug-likeness (QED) is 0.180. The molecule has 0 fully saturated rings. The van der Waals surface area contributed by atoms with E-state index in [2.05, 4.69) is 16.0 Å². The average molecular weight is 481 g/mol. The SMILES string of the molecule is CCC(C)C(NC(=O)CNC(=O)C(CCC(=O)O)NC(=O)C(N)Cc1ccc(O)cc1)C(=O)O. The van der Waals surface area contributed by atoms with Crippen LogP contribution in [-0.2, 0) is 30.4 Å². The van der Waals surface area contributed by atoms with E-state index in [9.17, 15) is 34.2 Å². The molecule has 4 atom stereocenters. The third-order valence-corrected chi connectivity index (χ3v) is 5.23. The standard InChI is InChI=1S/C22H32N4O8/c1-3-12(2)19(22(33)34)26-17(28)11-24-21(32)16(8-9-18(29)30)25-20(31)15(23)10-13-4-6-14(27)7-5-13/h4-7,12,15-16,19,27H,3,8-11,23H2,1-2H3,(H,24,32)(H,25,31)(H,26,28)(H,29,30)(H,33,34). The number of carbonyl (C=O) groups excluding carboxylic acids is 3. The minimum atomic E-state index is -1.27. The average Bonchev–Trinajstić information content (AvgIpc) is 2.78. The van der Waals surface area contributed by atoms with Gasteiger partial charge in [0.25, 0.3) is 0 Å². The van der Waals surface area contributed by atoms with Gasteiger partial charge in [0.05, 0.1) is 12.6 Å². The second-order valence-electron chi connectivity index (χ2n) is 7.96. The van der Waals surface area contributed by atoms with Crippen molar-refractivity contribution in [3.05, 3.63) is 29.8 Å². The summed E-state index contributed by atoms with van der Waals surface area (Å²) in [7, 11) is 0. The molecule has 1 aromatic carbocycles. The van der Waals surface area contributed by atoms with Crippen LogP contribution in [-0.4, -0.2) is 69.7 Å². The molecule has 0 saturated heterocycles. The van der Waals surface area contributed by atoms with Gasteiger partial charge in [-0.3, -0.25) is 19.2 Å². The summed E-state index contributed by atoms with van der Waals surface area (Å²) in [4.78, 5) is 59.4. The molecule has 0 aliphatic carbocycles. The fourth-order valence-electron chi connectivity index (χ4n) is 2.99. The molecule has 8 N–H and O–H groups in total. The van der Waals surface area contributed by atoms with E-state index in [4.69, 9.17) is 10.8 Å². The van der Waals surface area contributed by atoms with Gasteiger partial charge in [-0.05, 0) is 36.5 Å². The summed E-state index contributed by atoms with van der Waals surface area (Å²) in [6, 6.07) is 2.58. The Morgan fingerprint density at radius 3 is 2.15 bits per heavy atom. The van der Waals surface area contributed by atoms with Crippen LogP contribution in [0.25, 0.3) is 0 Å². The van der Waals surface area contributed by atoms with Crippen LogP contribution < -0.4 is 21.7 Å². The van der Waals surface area contributed by atoms with Gasteiger partial charge in [0.15, 0.2) is 0 Å². The Morgan fingerprint density at radius 2 is 1.62 bits per heavy atom. The molecule has 4 unspecified atom stereocenters. The Balaban J connectivity index is 2.73. The molecule has 3 amide bonds. The molecule has 0 heterocycles. The molecule has 188 valence electrons. The van der Waals surface area contributed by atoms with Crippen molar-refractivity contribution in [3.63, 3.8) is 0 Å². The minimum Gasteiger partial charge on any atom is -0.508 e. The van der Waals surface area contributed by atoms with Crippen LogP contribution in [0.3, 0.4) is 0 Å².